The van der Waals surface area contributed by atoms with Crippen LogP contribution in [0.15, 0.2) is 42.7 Å². The van der Waals surface area contributed by atoms with E-state index in [0.29, 0.717) is 37.6 Å². The van der Waals surface area contributed by atoms with Crippen LogP contribution in [0.2, 0.25) is 0 Å². The van der Waals surface area contributed by atoms with Gasteiger partial charge in [-0.25, -0.2) is 9.97 Å². The molecule has 2 saturated heterocycles. The van der Waals surface area contributed by atoms with E-state index in [0.717, 1.165) is 43.1 Å². The molecule has 4 heterocycles. The molecule has 2 aliphatic heterocycles. The van der Waals surface area contributed by atoms with Gasteiger partial charge in [0.2, 0.25) is 5.91 Å². The summed E-state index contributed by atoms with van der Waals surface area (Å²) in [5.74, 6) is 0.331. The number of anilines is 2. The summed E-state index contributed by atoms with van der Waals surface area (Å²) in [5, 5.41) is 12.5. The van der Waals surface area contributed by atoms with Crippen molar-refractivity contribution in [2.45, 2.75) is 6.10 Å². The number of nitrogens with one attached hydrogen (secondary N) is 1. The van der Waals surface area contributed by atoms with Crippen LogP contribution in [0.1, 0.15) is 0 Å². The summed E-state index contributed by atoms with van der Waals surface area (Å²) in [4.78, 5) is 29.6. The summed E-state index contributed by atoms with van der Waals surface area (Å²) in [6, 6.07) is 10.3. The molecule has 178 valence electrons. The lowest BCUT2D eigenvalue weighted by Gasteiger charge is -2.32. The smallest absolute Gasteiger partial charge is 0.248 e. The van der Waals surface area contributed by atoms with Gasteiger partial charge < -0.3 is 29.7 Å². The first kappa shape index (κ1) is 22.5. The topological polar surface area (TPSA) is 113 Å². The first-order valence-electron chi connectivity index (χ1n) is 11.5. The molecule has 0 radical (unpaired) electrons. The van der Waals surface area contributed by atoms with Gasteiger partial charge in [-0.15, -0.1) is 0 Å². The minimum Gasteiger partial charge on any atom is -0.387 e. The number of carbonyl (C=O) groups is 1. The Bertz CT molecular complexity index is 1140. The Balaban J connectivity index is 1.36. The molecule has 0 spiro atoms. The van der Waals surface area contributed by atoms with E-state index in [9.17, 15) is 4.79 Å². The minimum absolute atomic E-state index is 0.214. The number of amides is 1. The van der Waals surface area contributed by atoms with E-state index in [-0.39, 0.29) is 12.0 Å². The summed E-state index contributed by atoms with van der Waals surface area (Å²) >= 11 is 0. The molecule has 2 fully saturated rings. The molecule has 2 aromatic heterocycles. The van der Waals surface area contributed by atoms with Gasteiger partial charge >= 0.3 is 0 Å². The standard InChI is InChI=1S/C24H28N6O4/c31-16-22(32)30-9-12-34-19(15-30)14-27-24-23-21(25-5-6-26-23)13-20(28-24)17-1-3-18(4-2-17)29-7-10-33-11-8-29/h1-6,13,19,31H,7-12,14-16H2,(H,27,28). The van der Waals surface area contributed by atoms with E-state index in [1.54, 1.807) is 17.3 Å². The number of aliphatic hydroxyl groups excluding tert-OH is 1. The molecular weight excluding hydrogens is 436 g/mol. The lowest BCUT2D eigenvalue weighted by atomic mass is 10.1. The zero-order valence-corrected chi connectivity index (χ0v) is 18.9. The number of morpholine rings is 2. The van der Waals surface area contributed by atoms with Crippen molar-refractivity contribution in [3.8, 4) is 11.3 Å². The van der Waals surface area contributed by atoms with E-state index in [2.05, 4.69) is 44.5 Å². The number of rotatable bonds is 6. The van der Waals surface area contributed by atoms with Crippen LogP contribution < -0.4 is 10.2 Å². The van der Waals surface area contributed by atoms with Crippen molar-refractivity contribution in [3.63, 3.8) is 0 Å². The molecule has 34 heavy (non-hydrogen) atoms. The second kappa shape index (κ2) is 10.3. The van der Waals surface area contributed by atoms with Gasteiger partial charge in [-0.1, -0.05) is 12.1 Å². The van der Waals surface area contributed by atoms with Crippen LogP contribution in [0.25, 0.3) is 22.3 Å². The van der Waals surface area contributed by atoms with Gasteiger partial charge in [0.1, 0.15) is 12.1 Å². The van der Waals surface area contributed by atoms with Crippen LogP contribution in [0, 0.1) is 0 Å². The van der Waals surface area contributed by atoms with Gasteiger partial charge in [0, 0.05) is 56.4 Å². The predicted molar refractivity (Wildman–Crippen MR) is 128 cm³/mol. The Morgan fingerprint density at radius 3 is 2.68 bits per heavy atom. The van der Waals surface area contributed by atoms with Gasteiger partial charge in [0.15, 0.2) is 5.82 Å². The van der Waals surface area contributed by atoms with Crippen molar-refractivity contribution in [2.24, 2.45) is 0 Å². The summed E-state index contributed by atoms with van der Waals surface area (Å²) in [5.41, 5.74) is 4.37. The number of fused-ring (bicyclic) bond motifs is 1. The molecule has 0 saturated carbocycles. The van der Waals surface area contributed by atoms with Crippen molar-refractivity contribution in [1.82, 2.24) is 19.9 Å². The summed E-state index contributed by atoms with van der Waals surface area (Å²) < 4.78 is 11.3. The SMILES string of the molecule is O=C(CO)N1CCOC(CNc2nc(-c3ccc(N4CCOCC4)cc3)cc3nccnc23)C1. The molecule has 1 amide bonds. The number of hydrogen-bond acceptors (Lipinski definition) is 9. The monoisotopic (exact) mass is 464 g/mol. The van der Waals surface area contributed by atoms with Crippen LogP contribution in [0.4, 0.5) is 11.5 Å². The van der Waals surface area contributed by atoms with Crippen LogP contribution in [-0.4, -0.2) is 96.1 Å². The fourth-order valence-electron chi connectivity index (χ4n) is 4.29. The van der Waals surface area contributed by atoms with Crippen molar-refractivity contribution in [3.05, 3.63) is 42.7 Å². The Morgan fingerprint density at radius 1 is 1.09 bits per heavy atom. The fourth-order valence-corrected chi connectivity index (χ4v) is 4.29. The molecule has 0 aliphatic carbocycles. The highest BCUT2D eigenvalue weighted by Crippen LogP contribution is 2.27. The maximum atomic E-state index is 11.8. The fraction of sp³-hybridized carbons (Fsp3) is 0.417. The largest absolute Gasteiger partial charge is 0.387 e. The number of aliphatic hydroxyl groups is 1. The van der Waals surface area contributed by atoms with Gasteiger partial charge in [0.25, 0.3) is 0 Å². The summed E-state index contributed by atoms with van der Waals surface area (Å²) in [7, 11) is 0. The number of benzene rings is 1. The average Bonchev–Trinajstić information content (AvgIpc) is 2.92. The highest BCUT2D eigenvalue weighted by molar-refractivity contribution is 5.88. The molecular formula is C24H28N6O4. The van der Waals surface area contributed by atoms with Crippen molar-refractivity contribution < 1.29 is 19.4 Å². The first-order chi connectivity index (χ1) is 16.7. The van der Waals surface area contributed by atoms with Gasteiger partial charge in [-0.3, -0.25) is 9.78 Å². The van der Waals surface area contributed by atoms with E-state index in [1.807, 2.05) is 6.07 Å². The molecule has 3 aromatic rings. The first-order valence-corrected chi connectivity index (χ1v) is 11.5. The van der Waals surface area contributed by atoms with Crippen LogP contribution in [0.3, 0.4) is 0 Å². The number of carbonyl (C=O) groups excluding carboxylic acids is 1. The molecule has 10 nitrogen and oxygen atoms in total. The highest BCUT2D eigenvalue weighted by atomic mass is 16.5. The number of pyridine rings is 1. The second-order valence-electron chi connectivity index (χ2n) is 8.30. The molecule has 10 heteroatoms. The van der Waals surface area contributed by atoms with Gasteiger partial charge in [-0.2, -0.15) is 0 Å². The minimum atomic E-state index is -0.492. The third-order valence-corrected chi connectivity index (χ3v) is 6.12. The molecule has 2 N–H and O–H groups in total. The molecule has 0 bridgehead atoms. The van der Waals surface area contributed by atoms with Gasteiger partial charge in [0.05, 0.1) is 37.1 Å². The predicted octanol–water partition coefficient (Wildman–Crippen LogP) is 1.16. The highest BCUT2D eigenvalue weighted by Gasteiger charge is 2.24. The van der Waals surface area contributed by atoms with Crippen LogP contribution >= 0.6 is 0 Å². The number of nitrogens with zero attached hydrogens (tertiary/aromatic N) is 5. The lowest BCUT2D eigenvalue weighted by Crippen LogP contribution is -2.48. The van der Waals surface area contributed by atoms with Gasteiger partial charge in [-0.05, 0) is 18.2 Å². The lowest BCUT2D eigenvalue weighted by molar-refractivity contribution is -0.141. The van der Waals surface area contributed by atoms with Crippen LogP contribution in [-0.2, 0) is 14.3 Å². The average molecular weight is 465 g/mol. The summed E-state index contributed by atoms with van der Waals surface area (Å²) in [6.45, 7) is 4.57. The third-order valence-electron chi connectivity index (χ3n) is 6.12. The molecule has 1 unspecified atom stereocenters. The maximum absolute atomic E-state index is 11.8. The van der Waals surface area contributed by atoms with Crippen molar-refractivity contribution in [2.75, 3.05) is 69.4 Å². The Kier molecular flexibility index (Phi) is 6.79. The van der Waals surface area contributed by atoms with E-state index < -0.39 is 6.61 Å². The molecule has 2 aliphatic rings. The van der Waals surface area contributed by atoms with E-state index in [1.165, 1.54) is 5.69 Å². The normalized spacial score (nSPS) is 18.8. The van der Waals surface area contributed by atoms with Crippen molar-refractivity contribution >= 4 is 28.4 Å². The number of aromatic nitrogens is 3. The zero-order valence-electron chi connectivity index (χ0n) is 18.9. The zero-order chi connectivity index (χ0) is 23.3. The molecule has 1 aromatic carbocycles. The van der Waals surface area contributed by atoms with Crippen molar-refractivity contribution in [1.29, 1.82) is 0 Å². The number of hydrogen-bond donors (Lipinski definition) is 2. The maximum Gasteiger partial charge on any atom is 0.248 e. The number of ether oxygens (including phenoxy) is 2. The van der Waals surface area contributed by atoms with E-state index >= 15 is 0 Å². The Hall–Kier alpha value is -3.34. The van der Waals surface area contributed by atoms with E-state index in [4.69, 9.17) is 19.6 Å². The second-order valence-corrected chi connectivity index (χ2v) is 8.30. The Morgan fingerprint density at radius 2 is 1.88 bits per heavy atom. The molecule has 1 atom stereocenters. The quantitative estimate of drug-likeness (QED) is 0.555. The third kappa shape index (κ3) is 4.93. The molecule has 5 rings (SSSR count). The Labute approximate surface area is 197 Å². The summed E-state index contributed by atoms with van der Waals surface area (Å²) in [6.07, 6.45) is 3.10. The van der Waals surface area contributed by atoms with Crippen LogP contribution in [0.5, 0.6) is 0 Å².